The van der Waals surface area contributed by atoms with Crippen molar-refractivity contribution in [2.24, 2.45) is 12.0 Å². The van der Waals surface area contributed by atoms with Crippen LogP contribution in [0.15, 0.2) is 71.6 Å². The number of allylic oxidation sites excluding steroid dienone is 5. The second kappa shape index (κ2) is 13.9. The lowest BCUT2D eigenvalue weighted by atomic mass is 10.2. The number of aryl methyl sites for hydroxylation is 1. The molecule has 0 saturated carbocycles. The molecule has 1 aliphatic rings. The zero-order valence-electron chi connectivity index (χ0n) is 21.7. The van der Waals surface area contributed by atoms with Crippen molar-refractivity contribution < 1.29 is 27.4 Å². The molecule has 0 unspecified atom stereocenters. The number of aromatic nitrogens is 2. The molecule has 0 bridgehead atoms. The van der Waals surface area contributed by atoms with Crippen molar-refractivity contribution in [1.29, 1.82) is 0 Å². The second-order valence-corrected chi connectivity index (χ2v) is 8.16. The molecule has 2 heterocycles. The molecule has 0 radical (unpaired) electrons. The number of anilines is 1. The number of carbonyl (C=O) groups is 1. The Bertz CT molecular complexity index is 1240. The standard InChI is InChI=1S/C26H29F3N4O3.C2H2/c1-5-20(26(27,28)29)12-11-18(2)36-17-23-22(16-31-32(23)3)25(35-4)30-15-19-8-6-9-21(14-19)33-13-7-10-24(33)34;1-2/h5-6,8-9,11-12,14,16H,1,7,10,13,15,17H2,2-4H3;1-2H/b18-11+,20-12+,30-25?;. The number of nitrogens with zero attached hydrogens (tertiary/aromatic N) is 4. The van der Waals surface area contributed by atoms with Gasteiger partial charge in [0, 0.05) is 25.7 Å². The van der Waals surface area contributed by atoms with E-state index in [2.05, 4.69) is 29.5 Å². The Hall–Kier alpha value is -4.26. The number of amides is 1. The van der Waals surface area contributed by atoms with Gasteiger partial charge in [-0.05, 0) is 43.2 Å². The molecule has 2 aromatic rings. The Morgan fingerprint density at radius 3 is 2.63 bits per heavy atom. The van der Waals surface area contributed by atoms with Crippen LogP contribution in [0, 0.1) is 12.8 Å². The molecule has 3 rings (SSSR count). The van der Waals surface area contributed by atoms with E-state index in [9.17, 15) is 18.0 Å². The van der Waals surface area contributed by atoms with E-state index >= 15 is 0 Å². The molecular formula is C28H31F3N4O3. The number of benzene rings is 1. The maximum absolute atomic E-state index is 12.9. The van der Waals surface area contributed by atoms with Crippen LogP contribution in [0.5, 0.6) is 0 Å². The molecule has 38 heavy (non-hydrogen) atoms. The number of methoxy groups -OCH3 is 1. The first-order chi connectivity index (χ1) is 18.1. The van der Waals surface area contributed by atoms with Crippen molar-refractivity contribution in [3.8, 4) is 12.8 Å². The summed E-state index contributed by atoms with van der Waals surface area (Å²) in [4.78, 5) is 18.4. The van der Waals surface area contributed by atoms with Crippen molar-refractivity contribution in [3.63, 3.8) is 0 Å². The summed E-state index contributed by atoms with van der Waals surface area (Å²) in [5, 5.41) is 4.25. The molecule has 1 amide bonds. The van der Waals surface area contributed by atoms with Crippen LogP contribution in [0.3, 0.4) is 0 Å². The lowest BCUT2D eigenvalue weighted by Crippen LogP contribution is -2.23. The summed E-state index contributed by atoms with van der Waals surface area (Å²) >= 11 is 0. The second-order valence-electron chi connectivity index (χ2n) is 8.16. The smallest absolute Gasteiger partial charge is 0.416 e. The molecule has 0 atom stereocenters. The number of halogens is 3. The highest BCUT2D eigenvalue weighted by molar-refractivity contribution is 5.96. The van der Waals surface area contributed by atoms with Crippen molar-refractivity contribution in [2.45, 2.75) is 39.1 Å². The molecule has 7 nitrogen and oxygen atoms in total. The van der Waals surface area contributed by atoms with Crippen molar-refractivity contribution >= 4 is 17.5 Å². The third kappa shape index (κ3) is 7.87. The van der Waals surface area contributed by atoms with E-state index in [1.807, 2.05) is 24.3 Å². The van der Waals surface area contributed by atoms with Crippen molar-refractivity contribution in [1.82, 2.24) is 9.78 Å². The molecule has 0 spiro atoms. The summed E-state index contributed by atoms with van der Waals surface area (Å²) < 4.78 is 51.4. The first-order valence-electron chi connectivity index (χ1n) is 11.7. The predicted molar refractivity (Wildman–Crippen MR) is 141 cm³/mol. The highest BCUT2D eigenvalue weighted by Crippen LogP contribution is 2.26. The maximum Gasteiger partial charge on any atom is 0.416 e. The Labute approximate surface area is 221 Å². The normalized spacial score (nSPS) is 14.7. The van der Waals surface area contributed by atoms with E-state index in [0.29, 0.717) is 36.7 Å². The van der Waals surface area contributed by atoms with E-state index in [1.54, 1.807) is 29.7 Å². The van der Waals surface area contributed by atoms with E-state index in [-0.39, 0.29) is 18.3 Å². The van der Waals surface area contributed by atoms with Gasteiger partial charge in [0.05, 0.1) is 42.4 Å². The molecule has 1 aliphatic heterocycles. The summed E-state index contributed by atoms with van der Waals surface area (Å²) in [7, 11) is 3.23. The van der Waals surface area contributed by atoms with Gasteiger partial charge in [-0.25, -0.2) is 4.99 Å². The van der Waals surface area contributed by atoms with Gasteiger partial charge >= 0.3 is 6.18 Å². The molecule has 0 N–H and O–H groups in total. The van der Waals surface area contributed by atoms with Crippen LogP contribution in [-0.4, -0.2) is 41.4 Å². The third-order valence-electron chi connectivity index (χ3n) is 5.67. The average molecular weight is 529 g/mol. The number of rotatable bonds is 9. The Balaban J connectivity index is 0.00000247. The van der Waals surface area contributed by atoms with Crippen LogP contribution >= 0.6 is 0 Å². The molecular weight excluding hydrogens is 497 g/mol. The van der Waals surface area contributed by atoms with Crippen molar-refractivity contribution in [3.05, 3.63) is 83.4 Å². The van der Waals surface area contributed by atoms with E-state index in [1.165, 1.54) is 13.2 Å². The van der Waals surface area contributed by atoms with Gasteiger partial charge < -0.3 is 14.4 Å². The Morgan fingerprint density at radius 1 is 1.29 bits per heavy atom. The van der Waals surface area contributed by atoms with E-state index < -0.39 is 11.7 Å². The summed E-state index contributed by atoms with van der Waals surface area (Å²) in [5.41, 5.74) is 2.15. The van der Waals surface area contributed by atoms with Crippen molar-refractivity contribution in [2.75, 3.05) is 18.6 Å². The van der Waals surface area contributed by atoms with Gasteiger partial charge in [-0.1, -0.05) is 24.8 Å². The maximum atomic E-state index is 12.9. The van der Waals surface area contributed by atoms with E-state index in [4.69, 9.17) is 9.47 Å². The fraction of sp³-hybridized carbons (Fsp3) is 0.321. The first kappa shape index (κ1) is 30.0. The molecule has 1 fully saturated rings. The van der Waals surface area contributed by atoms with Crippen LogP contribution in [0.1, 0.15) is 36.6 Å². The number of ether oxygens (including phenoxy) is 2. The van der Waals surface area contributed by atoms with Gasteiger partial charge in [-0.15, -0.1) is 12.8 Å². The quantitative estimate of drug-likeness (QED) is 0.142. The highest BCUT2D eigenvalue weighted by atomic mass is 19.4. The van der Waals surface area contributed by atoms with Crippen LogP contribution in [0.25, 0.3) is 0 Å². The van der Waals surface area contributed by atoms with Crippen LogP contribution < -0.4 is 4.90 Å². The molecule has 1 saturated heterocycles. The minimum absolute atomic E-state index is 0.0480. The number of alkyl halides is 3. The third-order valence-corrected chi connectivity index (χ3v) is 5.67. The minimum Gasteiger partial charge on any atom is -0.492 e. The molecule has 0 aliphatic carbocycles. The Kier molecular flexibility index (Phi) is 10.9. The number of hydrogen-bond acceptors (Lipinski definition) is 5. The Morgan fingerprint density at radius 2 is 2.03 bits per heavy atom. The largest absolute Gasteiger partial charge is 0.492 e. The molecule has 1 aromatic carbocycles. The number of aliphatic imine (C=N–C) groups is 1. The fourth-order valence-corrected chi connectivity index (χ4v) is 3.70. The average Bonchev–Trinajstić information content (AvgIpc) is 3.49. The first-order valence-corrected chi connectivity index (χ1v) is 11.7. The van der Waals surface area contributed by atoms with Crippen LogP contribution in [0.2, 0.25) is 0 Å². The van der Waals surface area contributed by atoms with Gasteiger partial charge in [0.15, 0.2) is 0 Å². The zero-order chi connectivity index (χ0) is 28.3. The predicted octanol–water partition coefficient (Wildman–Crippen LogP) is 5.48. The number of terminal acetylenes is 1. The van der Waals surface area contributed by atoms with Crippen LogP contribution in [-0.2, 0) is 34.5 Å². The highest BCUT2D eigenvalue weighted by Gasteiger charge is 2.30. The lowest BCUT2D eigenvalue weighted by Gasteiger charge is -2.16. The molecule has 10 heteroatoms. The minimum atomic E-state index is -4.49. The van der Waals surface area contributed by atoms with Gasteiger partial charge in [-0.3, -0.25) is 9.48 Å². The summed E-state index contributed by atoms with van der Waals surface area (Å²) in [5.74, 6) is 0.749. The zero-order valence-corrected chi connectivity index (χ0v) is 21.7. The van der Waals surface area contributed by atoms with E-state index in [0.717, 1.165) is 29.8 Å². The number of carbonyl (C=O) groups excluding carboxylic acids is 1. The molecule has 1 aromatic heterocycles. The topological polar surface area (TPSA) is 68.9 Å². The summed E-state index contributed by atoms with van der Waals surface area (Å²) in [6, 6.07) is 7.66. The monoisotopic (exact) mass is 528 g/mol. The fourth-order valence-electron chi connectivity index (χ4n) is 3.70. The number of hydrogen-bond donors (Lipinski definition) is 0. The summed E-state index contributed by atoms with van der Waals surface area (Å²) in [6.45, 7) is 5.84. The molecule has 202 valence electrons. The van der Waals surface area contributed by atoms with Gasteiger partial charge in [0.25, 0.3) is 0 Å². The lowest BCUT2D eigenvalue weighted by molar-refractivity contribution is -0.117. The van der Waals surface area contributed by atoms with Crippen LogP contribution in [0.4, 0.5) is 18.9 Å². The van der Waals surface area contributed by atoms with Gasteiger partial charge in [0.2, 0.25) is 11.8 Å². The van der Waals surface area contributed by atoms with Gasteiger partial charge in [-0.2, -0.15) is 18.3 Å². The summed E-state index contributed by atoms with van der Waals surface area (Å²) in [6.07, 6.45) is 9.43. The van der Waals surface area contributed by atoms with Gasteiger partial charge in [0.1, 0.15) is 6.61 Å². The SMILES string of the molecule is C#C.C=C/C(=C\C=C(/C)OCc1c(C(=NCc2cccc(N3CCCC3=O)c2)OC)cnn1C)C(F)(F)F.